The molecule has 0 atom stereocenters. The third-order valence-electron chi connectivity index (χ3n) is 3.51. The third kappa shape index (κ3) is 2.18. The van der Waals surface area contributed by atoms with Gasteiger partial charge in [-0.25, -0.2) is 0 Å². The zero-order valence-corrected chi connectivity index (χ0v) is 11.7. The first-order chi connectivity index (χ1) is 10.1. The molecule has 3 rings (SSSR count). The van der Waals surface area contributed by atoms with Crippen LogP contribution in [0.5, 0.6) is 0 Å². The van der Waals surface area contributed by atoms with Gasteiger partial charge in [-0.05, 0) is 18.6 Å². The molecule has 2 amide bonds. The van der Waals surface area contributed by atoms with E-state index >= 15 is 0 Å². The number of carbonyl (C=O) groups excluding carboxylic acids is 2. The van der Waals surface area contributed by atoms with Crippen LogP contribution < -0.4 is 5.73 Å². The Bertz CT molecular complexity index is 720. The molecule has 1 aliphatic rings. The number of carbonyl (C=O) groups is 2. The molecule has 0 bridgehead atoms. The van der Waals surface area contributed by atoms with E-state index in [1.807, 2.05) is 10.9 Å². The second-order valence-electron chi connectivity index (χ2n) is 5.08. The van der Waals surface area contributed by atoms with E-state index in [9.17, 15) is 9.59 Å². The van der Waals surface area contributed by atoms with Gasteiger partial charge in [-0.3, -0.25) is 19.2 Å². The zero-order valence-electron chi connectivity index (χ0n) is 11.7. The van der Waals surface area contributed by atoms with E-state index in [4.69, 9.17) is 5.73 Å². The molecule has 0 spiro atoms. The van der Waals surface area contributed by atoms with Gasteiger partial charge >= 0.3 is 0 Å². The number of hydrogen-bond donors (Lipinski definition) is 1. The molecule has 6 nitrogen and oxygen atoms in total. The molecule has 0 saturated heterocycles. The van der Waals surface area contributed by atoms with E-state index in [1.165, 1.54) is 4.90 Å². The largest absolute Gasteiger partial charge is 0.398 e. The van der Waals surface area contributed by atoms with Crippen LogP contribution in [0.15, 0.2) is 30.6 Å². The van der Waals surface area contributed by atoms with Crippen molar-refractivity contribution in [1.82, 2.24) is 14.7 Å². The van der Waals surface area contributed by atoms with Gasteiger partial charge in [0.2, 0.25) is 0 Å². The zero-order chi connectivity index (χ0) is 15.0. The van der Waals surface area contributed by atoms with E-state index in [-0.39, 0.29) is 18.4 Å². The third-order valence-corrected chi connectivity index (χ3v) is 3.51. The smallest absolute Gasteiger partial charge is 0.263 e. The van der Waals surface area contributed by atoms with Gasteiger partial charge < -0.3 is 5.73 Å². The summed E-state index contributed by atoms with van der Waals surface area (Å²) < 4.78 is 1.81. The molecule has 6 heteroatoms. The lowest BCUT2D eigenvalue weighted by Crippen LogP contribution is -2.29. The quantitative estimate of drug-likeness (QED) is 0.684. The molecule has 2 aromatic rings. The number of nitrogen functional groups attached to an aromatic ring is 1. The van der Waals surface area contributed by atoms with Crippen LogP contribution in [0, 0.1) is 0 Å². The molecule has 0 saturated carbocycles. The molecular formula is C15H16N4O2. The van der Waals surface area contributed by atoms with Crippen LogP contribution >= 0.6 is 0 Å². The van der Waals surface area contributed by atoms with Crippen molar-refractivity contribution in [1.29, 1.82) is 0 Å². The minimum absolute atomic E-state index is 0.218. The second kappa shape index (κ2) is 5.05. The summed E-state index contributed by atoms with van der Waals surface area (Å²) in [6, 6.07) is 4.95. The molecule has 1 aromatic carbocycles. The molecule has 2 N–H and O–H groups in total. The normalized spacial score (nSPS) is 13.9. The van der Waals surface area contributed by atoms with Crippen LogP contribution in [0.1, 0.15) is 39.6 Å². The maximum absolute atomic E-state index is 12.4. The molecule has 0 unspecified atom stereocenters. The molecule has 1 aromatic heterocycles. The number of aryl methyl sites for hydroxylation is 1. The van der Waals surface area contributed by atoms with Crippen molar-refractivity contribution < 1.29 is 9.59 Å². The van der Waals surface area contributed by atoms with Gasteiger partial charge in [-0.15, -0.1) is 0 Å². The predicted octanol–water partition coefficient (Wildman–Crippen LogP) is 1.67. The summed E-state index contributed by atoms with van der Waals surface area (Å²) in [4.78, 5) is 25.9. The predicted molar refractivity (Wildman–Crippen MR) is 77.6 cm³/mol. The number of nitrogens with two attached hydrogens (primary N) is 1. The average Bonchev–Trinajstić information content (AvgIpc) is 2.99. The van der Waals surface area contributed by atoms with Gasteiger partial charge in [0.25, 0.3) is 11.8 Å². The summed E-state index contributed by atoms with van der Waals surface area (Å²) in [6.45, 7) is 3.10. The number of aromatic nitrogens is 2. The van der Waals surface area contributed by atoms with Crippen molar-refractivity contribution in [3.05, 3.63) is 47.3 Å². The highest BCUT2D eigenvalue weighted by molar-refractivity contribution is 6.23. The standard InChI is InChI=1S/C15H16N4O2/c1-2-6-18-8-10(7-17-18)9-19-14(20)11-4-3-5-12(16)13(11)15(19)21/h3-5,7-8H,2,6,9,16H2,1H3. The van der Waals surface area contributed by atoms with Gasteiger partial charge in [0.05, 0.1) is 23.9 Å². The number of anilines is 1. The Morgan fingerprint density at radius 1 is 1.24 bits per heavy atom. The fraction of sp³-hybridized carbons (Fsp3) is 0.267. The lowest BCUT2D eigenvalue weighted by atomic mass is 10.1. The van der Waals surface area contributed by atoms with Crippen LogP contribution in [0.2, 0.25) is 0 Å². The lowest BCUT2D eigenvalue weighted by molar-refractivity contribution is 0.0642. The number of benzene rings is 1. The highest BCUT2D eigenvalue weighted by Crippen LogP contribution is 2.28. The highest BCUT2D eigenvalue weighted by Gasteiger charge is 2.36. The topological polar surface area (TPSA) is 81.2 Å². The van der Waals surface area contributed by atoms with Crippen molar-refractivity contribution in [2.75, 3.05) is 5.73 Å². The molecule has 21 heavy (non-hydrogen) atoms. The van der Waals surface area contributed by atoms with Crippen LogP contribution in [-0.4, -0.2) is 26.5 Å². The Kier molecular flexibility index (Phi) is 3.21. The van der Waals surface area contributed by atoms with Crippen molar-refractivity contribution in [2.24, 2.45) is 0 Å². The molecule has 1 aliphatic heterocycles. The minimum atomic E-state index is -0.337. The second-order valence-corrected chi connectivity index (χ2v) is 5.08. The number of amides is 2. The van der Waals surface area contributed by atoms with E-state index < -0.39 is 0 Å². The average molecular weight is 284 g/mol. The maximum atomic E-state index is 12.4. The van der Waals surface area contributed by atoms with Gasteiger partial charge in [-0.1, -0.05) is 13.0 Å². The summed E-state index contributed by atoms with van der Waals surface area (Å²) in [6.07, 6.45) is 4.52. The Morgan fingerprint density at radius 3 is 2.76 bits per heavy atom. The number of hydrogen-bond acceptors (Lipinski definition) is 4. The fourth-order valence-corrected chi connectivity index (χ4v) is 2.53. The first-order valence-electron chi connectivity index (χ1n) is 6.88. The van der Waals surface area contributed by atoms with Gasteiger partial charge in [0.1, 0.15) is 0 Å². The highest BCUT2D eigenvalue weighted by atomic mass is 16.2. The number of imide groups is 1. The van der Waals surface area contributed by atoms with Gasteiger partial charge in [0.15, 0.2) is 0 Å². The summed E-state index contributed by atoms with van der Waals surface area (Å²) in [5, 5.41) is 4.21. The van der Waals surface area contributed by atoms with Crippen molar-refractivity contribution in [3.8, 4) is 0 Å². The molecule has 0 aliphatic carbocycles. The number of rotatable bonds is 4. The Hall–Kier alpha value is -2.63. The van der Waals surface area contributed by atoms with Gasteiger partial charge in [-0.2, -0.15) is 5.10 Å². The molecule has 2 heterocycles. The summed E-state index contributed by atoms with van der Waals surface area (Å²) in [7, 11) is 0. The van der Waals surface area contributed by atoms with Crippen LogP contribution in [0.3, 0.4) is 0 Å². The molecule has 108 valence electrons. The summed E-state index contributed by atoms with van der Waals surface area (Å²) >= 11 is 0. The molecular weight excluding hydrogens is 268 g/mol. The molecule has 0 radical (unpaired) electrons. The Labute approximate surface area is 122 Å². The Morgan fingerprint density at radius 2 is 2.05 bits per heavy atom. The van der Waals surface area contributed by atoms with Crippen LogP contribution in [-0.2, 0) is 13.1 Å². The number of nitrogens with zero attached hydrogens (tertiary/aromatic N) is 3. The summed E-state index contributed by atoms with van der Waals surface area (Å²) in [5.74, 6) is -0.637. The minimum Gasteiger partial charge on any atom is -0.398 e. The van der Waals surface area contributed by atoms with Gasteiger partial charge in [0, 0.05) is 24.0 Å². The molecule has 0 fully saturated rings. The van der Waals surface area contributed by atoms with Crippen molar-refractivity contribution in [3.63, 3.8) is 0 Å². The van der Waals surface area contributed by atoms with E-state index in [2.05, 4.69) is 12.0 Å². The number of fused-ring (bicyclic) bond motifs is 1. The summed E-state index contributed by atoms with van der Waals surface area (Å²) in [5.41, 5.74) is 7.66. The lowest BCUT2D eigenvalue weighted by Gasteiger charge is -2.12. The fourth-order valence-electron chi connectivity index (χ4n) is 2.53. The van der Waals surface area contributed by atoms with Crippen molar-refractivity contribution in [2.45, 2.75) is 26.4 Å². The first kappa shape index (κ1) is 13.4. The van der Waals surface area contributed by atoms with Crippen molar-refractivity contribution >= 4 is 17.5 Å². The van der Waals surface area contributed by atoms with E-state index in [1.54, 1.807) is 24.4 Å². The van der Waals surface area contributed by atoms with Crippen LogP contribution in [0.25, 0.3) is 0 Å². The SMILES string of the molecule is CCCn1cc(CN2C(=O)c3cccc(N)c3C2=O)cn1. The Balaban J connectivity index is 1.86. The van der Waals surface area contributed by atoms with Crippen LogP contribution in [0.4, 0.5) is 5.69 Å². The monoisotopic (exact) mass is 284 g/mol. The van der Waals surface area contributed by atoms with E-state index in [0.717, 1.165) is 18.5 Å². The van der Waals surface area contributed by atoms with E-state index in [0.29, 0.717) is 16.8 Å². The maximum Gasteiger partial charge on any atom is 0.263 e. The first-order valence-corrected chi connectivity index (χ1v) is 6.88.